The zero-order valence-corrected chi connectivity index (χ0v) is 10.3. The van der Waals surface area contributed by atoms with Gasteiger partial charge >= 0.3 is 5.97 Å². The molecule has 0 bridgehead atoms. The fourth-order valence-corrected chi connectivity index (χ4v) is 1.54. The molecule has 0 aromatic heterocycles. The van der Waals surface area contributed by atoms with Crippen molar-refractivity contribution in [3.8, 4) is 0 Å². The number of carbonyl (C=O) groups is 2. The van der Waals surface area contributed by atoms with Crippen molar-refractivity contribution in [1.82, 2.24) is 5.32 Å². The van der Waals surface area contributed by atoms with Gasteiger partial charge in [-0.1, -0.05) is 26.3 Å². The van der Waals surface area contributed by atoms with Crippen LogP contribution in [-0.2, 0) is 4.79 Å². The Bertz CT molecular complexity index is 448. The molecule has 18 heavy (non-hydrogen) atoms. The molecule has 1 amide bonds. The fourth-order valence-electron chi connectivity index (χ4n) is 1.54. The molecule has 0 heterocycles. The molecule has 0 fully saturated rings. The summed E-state index contributed by atoms with van der Waals surface area (Å²) in [5.41, 5.74) is 0.115. The molecule has 2 atom stereocenters. The van der Waals surface area contributed by atoms with Crippen LogP contribution in [0.25, 0.3) is 0 Å². The van der Waals surface area contributed by atoms with Crippen molar-refractivity contribution in [1.29, 1.82) is 0 Å². The van der Waals surface area contributed by atoms with E-state index in [2.05, 4.69) is 5.32 Å². The van der Waals surface area contributed by atoms with Crippen LogP contribution in [0.3, 0.4) is 0 Å². The first-order chi connectivity index (χ1) is 8.45. The van der Waals surface area contributed by atoms with Crippen LogP contribution in [-0.4, -0.2) is 23.0 Å². The maximum Gasteiger partial charge on any atom is 0.326 e. The smallest absolute Gasteiger partial charge is 0.326 e. The van der Waals surface area contributed by atoms with Crippen LogP contribution in [0.4, 0.5) is 4.39 Å². The number of rotatable bonds is 5. The van der Waals surface area contributed by atoms with Gasteiger partial charge in [0.1, 0.15) is 11.9 Å². The summed E-state index contributed by atoms with van der Waals surface area (Å²) in [5, 5.41) is 11.4. The van der Waals surface area contributed by atoms with E-state index in [0.717, 1.165) is 6.07 Å². The SMILES string of the molecule is CC[C@H](C)[C@@H](NC(=O)c1cccc(F)c1)C(=O)O. The summed E-state index contributed by atoms with van der Waals surface area (Å²) in [6.45, 7) is 3.58. The van der Waals surface area contributed by atoms with Gasteiger partial charge in [0.25, 0.3) is 5.91 Å². The van der Waals surface area contributed by atoms with Crippen molar-refractivity contribution in [2.75, 3.05) is 0 Å². The van der Waals surface area contributed by atoms with E-state index in [0.29, 0.717) is 6.42 Å². The van der Waals surface area contributed by atoms with Gasteiger partial charge in [0.2, 0.25) is 0 Å². The second-order valence-corrected chi connectivity index (χ2v) is 4.19. The van der Waals surface area contributed by atoms with Crippen LogP contribution in [0.15, 0.2) is 24.3 Å². The Kier molecular flexibility index (Phi) is 4.83. The number of benzene rings is 1. The zero-order chi connectivity index (χ0) is 13.7. The predicted molar refractivity (Wildman–Crippen MR) is 64.7 cm³/mol. The number of halogens is 1. The average Bonchev–Trinajstić information content (AvgIpc) is 2.34. The molecular formula is C13H16FNO3. The maximum atomic E-state index is 13.0. The van der Waals surface area contributed by atoms with Crippen LogP contribution in [0.5, 0.6) is 0 Å². The number of carboxylic acid groups (broad SMARTS) is 1. The highest BCUT2D eigenvalue weighted by molar-refractivity contribution is 5.96. The van der Waals surface area contributed by atoms with Gasteiger partial charge in [-0.3, -0.25) is 4.79 Å². The Morgan fingerprint density at radius 1 is 1.44 bits per heavy atom. The molecule has 1 aromatic rings. The average molecular weight is 253 g/mol. The summed E-state index contributed by atoms with van der Waals surface area (Å²) in [5.74, 6) is -2.39. The second kappa shape index (κ2) is 6.14. The van der Waals surface area contributed by atoms with Crippen molar-refractivity contribution in [2.45, 2.75) is 26.3 Å². The van der Waals surface area contributed by atoms with E-state index in [1.165, 1.54) is 18.2 Å². The highest BCUT2D eigenvalue weighted by Gasteiger charge is 2.25. The van der Waals surface area contributed by atoms with Crippen LogP contribution in [0, 0.1) is 11.7 Å². The highest BCUT2D eigenvalue weighted by atomic mass is 19.1. The molecule has 5 heteroatoms. The van der Waals surface area contributed by atoms with Crippen molar-refractivity contribution in [2.24, 2.45) is 5.92 Å². The van der Waals surface area contributed by atoms with Gasteiger partial charge in [-0.15, -0.1) is 0 Å². The minimum atomic E-state index is -1.09. The van der Waals surface area contributed by atoms with Gasteiger partial charge in [0, 0.05) is 5.56 Å². The van der Waals surface area contributed by atoms with E-state index in [1.54, 1.807) is 6.92 Å². The first-order valence-electron chi connectivity index (χ1n) is 5.75. The molecule has 0 aliphatic rings. The molecule has 2 N–H and O–H groups in total. The van der Waals surface area contributed by atoms with E-state index in [-0.39, 0.29) is 11.5 Å². The first kappa shape index (κ1) is 14.2. The summed E-state index contributed by atoms with van der Waals surface area (Å²) >= 11 is 0. The zero-order valence-electron chi connectivity index (χ0n) is 10.3. The second-order valence-electron chi connectivity index (χ2n) is 4.19. The molecule has 0 aliphatic carbocycles. The first-order valence-corrected chi connectivity index (χ1v) is 5.75. The molecule has 0 spiro atoms. The third-order valence-electron chi connectivity index (χ3n) is 2.85. The Morgan fingerprint density at radius 3 is 2.61 bits per heavy atom. The molecule has 98 valence electrons. The number of hydrogen-bond acceptors (Lipinski definition) is 2. The third kappa shape index (κ3) is 3.55. The van der Waals surface area contributed by atoms with E-state index in [1.807, 2.05) is 6.92 Å². The van der Waals surface area contributed by atoms with Crippen molar-refractivity contribution < 1.29 is 19.1 Å². The summed E-state index contributed by atoms with van der Waals surface area (Å²) in [4.78, 5) is 22.8. The lowest BCUT2D eigenvalue weighted by Gasteiger charge is -2.20. The number of carbonyl (C=O) groups excluding carboxylic acids is 1. The molecule has 1 aromatic carbocycles. The third-order valence-corrected chi connectivity index (χ3v) is 2.85. The number of nitrogens with one attached hydrogen (secondary N) is 1. The summed E-state index contributed by atoms with van der Waals surface area (Å²) < 4.78 is 13.0. The highest BCUT2D eigenvalue weighted by Crippen LogP contribution is 2.10. The predicted octanol–water partition coefficient (Wildman–Crippen LogP) is 2.05. The minimum absolute atomic E-state index is 0.115. The van der Waals surface area contributed by atoms with Gasteiger partial charge in [-0.2, -0.15) is 0 Å². The van der Waals surface area contributed by atoms with Crippen LogP contribution < -0.4 is 5.32 Å². The lowest BCUT2D eigenvalue weighted by atomic mass is 9.99. The molecule has 0 unspecified atom stereocenters. The topological polar surface area (TPSA) is 66.4 Å². The Morgan fingerprint density at radius 2 is 2.11 bits per heavy atom. The molecule has 0 aliphatic heterocycles. The molecule has 0 radical (unpaired) electrons. The number of hydrogen-bond donors (Lipinski definition) is 2. The Labute approximate surface area is 105 Å². The summed E-state index contributed by atoms with van der Waals surface area (Å²) in [6, 6.07) is 4.17. The number of carboxylic acids is 1. The normalized spacial score (nSPS) is 13.7. The quantitative estimate of drug-likeness (QED) is 0.844. The molecular weight excluding hydrogens is 237 g/mol. The van der Waals surface area contributed by atoms with Gasteiger partial charge < -0.3 is 10.4 Å². The standard InChI is InChI=1S/C13H16FNO3/c1-3-8(2)11(13(17)18)15-12(16)9-5-4-6-10(14)7-9/h4-8,11H,3H2,1-2H3,(H,15,16)(H,17,18)/t8-,11+/m0/s1. The Balaban J connectivity index is 2.82. The van der Waals surface area contributed by atoms with E-state index in [4.69, 9.17) is 5.11 Å². The number of amides is 1. The molecule has 0 saturated carbocycles. The van der Waals surface area contributed by atoms with E-state index >= 15 is 0 Å². The van der Waals surface area contributed by atoms with Crippen molar-refractivity contribution in [3.05, 3.63) is 35.6 Å². The lowest BCUT2D eigenvalue weighted by Crippen LogP contribution is -2.45. The van der Waals surface area contributed by atoms with Crippen molar-refractivity contribution >= 4 is 11.9 Å². The fraction of sp³-hybridized carbons (Fsp3) is 0.385. The summed E-state index contributed by atoms with van der Waals surface area (Å²) in [6.07, 6.45) is 0.625. The minimum Gasteiger partial charge on any atom is -0.480 e. The molecule has 4 nitrogen and oxygen atoms in total. The molecule has 0 saturated heterocycles. The summed E-state index contributed by atoms with van der Waals surface area (Å²) in [7, 11) is 0. The van der Waals surface area contributed by atoms with Crippen LogP contribution in [0.1, 0.15) is 30.6 Å². The maximum absolute atomic E-state index is 13.0. The van der Waals surface area contributed by atoms with Gasteiger partial charge in [-0.25, -0.2) is 9.18 Å². The monoisotopic (exact) mass is 253 g/mol. The van der Waals surface area contributed by atoms with Gasteiger partial charge in [0.15, 0.2) is 0 Å². The molecule has 1 rings (SSSR count). The van der Waals surface area contributed by atoms with Gasteiger partial charge in [-0.05, 0) is 24.1 Å². The van der Waals surface area contributed by atoms with Gasteiger partial charge in [0.05, 0.1) is 0 Å². The van der Waals surface area contributed by atoms with Crippen molar-refractivity contribution in [3.63, 3.8) is 0 Å². The lowest BCUT2D eigenvalue weighted by molar-refractivity contribution is -0.140. The van der Waals surface area contributed by atoms with E-state index < -0.39 is 23.7 Å². The van der Waals surface area contributed by atoms with Crippen LogP contribution in [0.2, 0.25) is 0 Å². The van der Waals surface area contributed by atoms with Crippen LogP contribution >= 0.6 is 0 Å². The number of aliphatic carboxylic acids is 1. The Hall–Kier alpha value is -1.91. The van der Waals surface area contributed by atoms with E-state index in [9.17, 15) is 14.0 Å². The largest absolute Gasteiger partial charge is 0.480 e.